The highest BCUT2D eigenvalue weighted by Gasteiger charge is 2.52. The summed E-state index contributed by atoms with van der Waals surface area (Å²) in [5.74, 6) is -0.763. The number of nitrogens with zero attached hydrogens (tertiary/aromatic N) is 2. The van der Waals surface area contributed by atoms with E-state index in [0.29, 0.717) is 35.7 Å². The highest BCUT2D eigenvalue weighted by molar-refractivity contribution is 7.90. The van der Waals surface area contributed by atoms with Crippen molar-refractivity contribution < 1.29 is 22.8 Å². The highest BCUT2D eigenvalue weighted by Crippen LogP contribution is 2.52. The molecule has 1 saturated carbocycles. The van der Waals surface area contributed by atoms with Crippen LogP contribution in [0.25, 0.3) is 0 Å². The molecule has 2 amide bonds. The zero-order chi connectivity index (χ0) is 29.2. The van der Waals surface area contributed by atoms with Crippen LogP contribution in [0.3, 0.4) is 0 Å². The van der Waals surface area contributed by atoms with Gasteiger partial charge < -0.3 is 4.90 Å². The molecule has 0 bridgehead atoms. The minimum Gasteiger partial charge on any atom is -0.332 e. The average Bonchev–Trinajstić information content (AvgIpc) is 3.75. The SMILES string of the molecule is CONC(=O)C[C@@]1(C)C[C@H](c2cccc(Cl)c2)[C@@H](c2ccc(Cl)cc2)N([C@@H](C)CCN(C)S(=O)(=O)C2CC2)C1=O. The number of amides is 2. The van der Waals surface area contributed by atoms with Crippen LogP contribution in [0.15, 0.2) is 48.5 Å². The number of halogens is 2. The molecule has 4 atom stereocenters. The fourth-order valence-electron chi connectivity index (χ4n) is 5.79. The number of hydrogen-bond acceptors (Lipinski definition) is 5. The summed E-state index contributed by atoms with van der Waals surface area (Å²) in [6.45, 7) is 4.03. The molecule has 218 valence electrons. The van der Waals surface area contributed by atoms with Crippen LogP contribution >= 0.6 is 23.2 Å². The van der Waals surface area contributed by atoms with E-state index >= 15 is 0 Å². The Morgan fingerprint density at radius 3 is 2.42 bits per heavy atom. The standard InChI is InChI=1S/C29H37Cl2N3O5S/c1-19(14-15-33(3)40(37,38)24-12-13-24)34-27(20-8-10-22(30)11-9-20)25(21-6-5-7-23(31)16-21)17-29(2,28(34)36)18-26(35)32-39-4/h5-11,16,19,24-25,27H,12-15,17-18H2,1-4H3,(H,32,35)/t19-,25+,27+,29+/m0/s1. The molecule has 4 rings (SSSR count). The first-order chi connectivity index (χ1) is 18.9. The fraction of sp³-hybridized carbons (Fsp3) is 0.517. The Morgan fingerprint density at radius 2 is 1.82 bits per heavy atom. The maximum absolute atomic E-state index is 14.4. The number of carbonyl (C=O) groups is 2. The Balaban J connectivity index is 1.76. The zero-order valence-corrected chi connectivity index (χ0v) is 25.6. The number of piperidine rings is 1. The molecule has 1 saturated heterocycles. The van der Waals surface area contributed by atoms with Gasteiger partial charge >= 0.3 is 0 Å². The molecule has 1 N–H and O–H groups in total. The molecule has 0 unspecified atom stereocenters. The van der Waals surface area contributed by atoms with Crippen molar-refractivity contribution >= 4 is 45.0 Å². The van der Waals surface area contributed by atoms with E-state index in [9.17, 15) is 18.0 Å². The molecule has 2 aromatic carbocycles. The topological polar surface area (TPSA) is 96.0 Å². The average molecular weight is 611 g/mol. The van der Waals surface area contributed by atoms with Gasteiger partial charge in [0.15, 0.2) is 0 Å². The summed E-state index contributed by atoms with van der Waals surface area (Å²) in [6, 6.07) is 14.3. The van der Waals surface area contributed by atoms with E-state index in [2.05, 4.69) is 5.48 Å². The number of likely N-dealkylation sites (tertiary alicyclic amines) is 1. The number of carbonyl (C=O) groups excluding carboxylic acids is 2. The second-order valence-electron chi connectivity index (χ2n) is 11.2. The maximum atomic E-state index is 14.4. The van der Waals surface area contributed by atoms with Gasteiger partial charge in [-0.05, 0) is 68.0 Å². The lowest BCUT2D eigenvalue weighted by atomic mass is 9.67. The molecule has 8 nitrogen and oxygen atoms in total. The van der Waals surface area contributed by atoms with Gasteiger partial charge in [0.05, 0.1) is 23.8 Å². The van der Waals surface area contributed by atoms with Gasteiger partial charge in [0.2, 0.25) is 21.8 Å². The Morgan fingerprint density at radius 1 is 1.15 bits per heavy atom. The van der Waals surface area contributed by atoms with Crippen LogP contribution in [0, 0.1) is 5.41 Å². The summed E-state index contributed by atoms with van der Waals surface area (Å²) in [5.41, 5.74) is 3.16. The van der Waals surface area contributed by atoms with Crippen molar-refractivity contribution in [2.75, 3.05) is 20.7 Å². The smallest absolute Gasteiger partial charge is 0.244 e. The molecule has 1 aliphatic carbocycles. The van der Waals surface area contributed by atoms with E-state index in [1.807, 2.05) is 49.1 Å². The first-order valence-corrected chi connectivity index (χ1v) is 15.7. The van der Waals surface area contributed by atoms with Crippen LogP contribution in [-0.2, 0) is 24.4 Å². The number of hydrogen-bond donors (Lipinski definition) is 1. The van der Waals surface area contributed by atoms with Gasteiger partial charge in [0.1, 0.15) is 0 Å². The van der Waals surface area contributed by atoms with Gasteiger partial charge in [0.25, 0.3) is 0 Å². The summed E-state index contributed by atoms with van der Waals surface area (Å²) >= 11 is 12.6. The molecule has 2 aliphatic rings. The molecule has 0 spiro atoms. The summed E-state index contributed by atoms with van der Waals surface area (Å²) in [5, 5.41) is 0.855. The monoisotopic (exact) mass is 609 g/mol. The summed E-state index contributed by atoms with van der Waals surface area (Å²) < 4.78 is 27.0. The van der Waals surface area contributed by atoms with Crippen LogP contribution in [0.4, 0.5) is 0 Å². The lowest BCUT2D eigenvalue weighted by Gasteiger charge is -2.51. The molecule has 40 heavy (non-hydrogen) atoms. The minimum atomic E-state index is -3.35. The zero-order valence-electron chi connectivity index (χ0n) is 23.3. The van der Waals surface area contributed by atoms with Gasteiger partial charge in [-0.25, -0.2) is 18.2 Å². The number of hydroxylamine groups is 1. The Bertz CT molecular complexity index is 1340. The van der Waals surface area contributed by atoms with E-state index in [4.69, 9.17) is 28.0 Å². The molecule has 0 radical (unpaired) electrons. The molecular formula is C29H37Cl2N3O5S. The molecular weight excluding hydrogens is 573 g/mol. The van der Waals surface area contributed by atoms with Crippen molar-refractivity contribution in [1.29, 1.82) is 0 Å². The van der Waals surface area contributed by atoms with E-state index in [-0.39, 0.29) is 42.1 Å². The second-order valence-corrected chi connectivity index (χ2v) is 14.4. The Kier molecular flexibility index (Phi) is 9.52. The first-order valence-electron chi connectivity index (χ1n) is 13.5. The Hall–Kier alpha value is -2.17. The maximum Gasteiger partial charge on any atom is 0.244 e. The van der Waals surface area contributed by atoms with E-state index in [1.165, 1.54) is 11.4 Å². The molecule has 1 heterocycles. The molecule has 1 aliphatic heterocycles. The highest BCUT2D eigenvalue weighted by atomic mass is 35.5. The third-order valence-corrected chi connectivity index (χ3v) is 10.9. The predicted octanol–water partition coefficient (Wildman–Crippen LogP) is 5.33. The van der Waals surface area contributed by atoms with Gasteiger partial charge in [0, 0.05) is 42.0 Å². The number of rotatable bonds is 11. The third-order valence-electron chi connectivity index (χ3n) is 8.07. The largest absolute Gasteiger partial charge is 0.332 e. The van der Waals surface area contributed by atoms with Crippen LogP contribution in [0.5, 0.6) is 0 Å². The molecule has 11 heteroatoms. The van der Waals surface area contributed by atoms with Crippen molar-refractivity contribution in [3.8, 4) is 0 Å². The summed E-state index contributed by atoms with van der Waals surface area (Å²) in [6.07, 6.45) is 2.14. The van der Waals surface area contributed by atoms with Crippen LogP contribution in [0.1, 0.15) is 69.0 Å². The third kappa shape index (κ3) is 6.65. The summed E-state index contributed by atoms with van der Waals surface area (Å²) in [4.78, 5) is 33.8. The summed E-state index contributed by atoms with van der Waals surface area (Å²) in [7, 11) is -0.390. The predicted molar refractivity (Wildman–Crippen MR) is 156 cm³/mol. The van der Waals surface area contributed by atoms with Gasteiger partial charge in [-0.2, -0.15) is 0 Å². The second kappa shape index (κ2) is 12.4. The normalized spacial score (nSPS) is 24.3. The van der Waals surface area contributed by atoms with E-state index in [0.717, 1.165) is 11.1 Å². The van der Waals surface area contributed by atoms with E-state index < -0.39 is 21.3 Å². The Labute approximate surface area is 247 Å². The number of sulfonamides is 1. The fourth-order valence-corrected chi connectivity index (χ4v) is 7.71. The lowest BCUT2D eigenvalue weighted by molar-refractivity contribution is -0.158. The molecule has 0 aromatic heterocycles. The van der Waals surface area contributed by atoms with Crippen molar-refractivity contribution in [1.82, 2.24) is 14.7 Å². The number of nitrogens with one attached hydrogen (secondary N) is 1. The van der Waals surface area contributed by atoms with Crippen molar-refractivity contribution in [2.45, 2.75) is 69.2 Å². The number of benzene rings is 2. The van der Waals surface area contributed by atoms with Crippen molar-refractivity contribution in [3.63, 3.8) is 0 Å². The molecule has 2 aromatic rings. The van der Waals surface area contributed by atoms with Crippen LogP contribution < -0.4 is 5.48 Å². The van der Waals surface area contributed by atoms with Gasteiger partial charge in [-0.3, -0.25) is 14.4 Å². The van der Waals surface area contributed by atoms with E-state index in [1.54, 1.807) is 25.2 Å². The van der Waals surface area contributed by atoms with Gasteiger partial charge in [-0.1, -0.05) is 54.4 Å². The quantitative estimate of drug-likeness (QED) is 0.347. The van der Waals surface area contributed by atoms with Crippen molar-refractivity contribution in [2.24, 2.45) is 5.41 Å². The lowest BCUT2D eigenvalue weighted by Crippen LogP contribution is -2.56. The first kappa shape index (κ1) is 30.8. The van der Waals surface area contributed by atoms with Crippen LogP contribution in [0.2, 0.25) is 10.0 Å². The van der Waals surface area contributed by atoms with Gasteiger partial charge in [-0.15, -0.1) is 0 Å². The van der Waals surface area contributed by atoms with Crippen LogP contribution in [-0.4, -0.2) is 61.4 Å². The molecule has 2 fully saturated rings. The van der Waals surface area contributed by atoms with Crippen molar-refractivity contribution in [3.05, 3.63) is 69.7 Å². The minimum absolute atomic E-state index is 0.0662.